The molecule has 1 aliphatic heterocycles. The molecule has 5 heteroatoms. The van der Waals surface area contributed by atoms with Crippen molar-refractivity contribution >= 4 is 6.03 Å². The van der Waals surface area contributed by atoms with Crippen LogP contribution in [0.15, 0.2) is 48.5 Å². The Bertz CT molecular complexity index is 787. The van der Waals surface area contributed by atoms with Crippen molar-refractivity contribution in [2.24, 2.45) is 0 Å². The number of hydrogen-bond acceptors (Lipinski definition) is 3. The number of amides is 2. The highest BCUT2D eigenvalue weighted by molar-refractivity contribution is 5.75. The van der Waals surface area contributed by atoms with E-state index in [1.807, 2.05) is 24.0 Å². The van der Waals surface area contributed by atoms with E-state index in [1.165, 1.54) is 11.1 Å². The van der Waals surface area contributed by atoms with Crippen molar-refractivity contribution in [3.63, 3.8) is 0 Å². The monoisotopic (exact) mass is 395 g/mol. The Morgan fingerprint density at radius 3 is 2.66 bits per heavy atom. The Morgan fingerprint density at radius 2 is 1.93 bits per heavy atom. The molecule has 1 N–H and O–H groups in total. The second-order valence-corrected chi connectivity index (χ2v) is 7.92. The summed E-state index contributed by atoms with van der Waals surface area (Å²) in [6, 6.07) is 16.9. The first-order valence-corrected chi connectivity index (χ1v) is 10.5. The molecule has 0 radical (unpaired) electrons. The van der Waals surface area contributed by atoms with Gasteiger partial charge in [-0.3, -0.25) is 0 Å². The van der Waals surface area contributed by atoms with Crippen LogP contribution in [0.2, 0.25) is 0 Å². The molecule has 2 aromatic carbocycles. The molecule has 5 nitrogen and oxygen atoms in total. The van der Waals surface area contributed by atoms with E-state index in [1.54, 1.807) is 0 Å². The molecule has 1 heterocycles. The van der Waals surface area contributed by atoms with Gasteiger partial charge in [-0.25, -0.2) is 4.79 Å². The second kappa shape index (κ2) is 10.4. The highest BCUT2D eigenvalue weighted by Gasteiger charge is 2.23. The molecule has 1 fully saturated rings. The lowest BCUT2D eigenvalue weighted by Crippen LogP contribution is -2.47. The number of rotatable bonds is 7. The summed E-state index contributed by atoms with van der Waals surface area (Å²) < 4.78 is 5.71. The Morgan fingerprint density at radius 1 is 1.17 bits per heavy atom. The van der Waals surface area contributed by atoms with Crippen LogP contribution in [0.4, 0.5) is 4.79 Å². The van der Waals surface area contributed by atoms with Gasteiger partial charge in [0.25, 0.3) is 0 Å². The lowest BCUT2D eigenvalue weighted by molar-refractivity contribution is 0.0164. The number of nitrogens with zero attached hydrogens (tertiary/aromatic N) is 2. The smallest absolute Gasteiger partial charge is 0.317 e. The van der Waals surface area contributed by atoms with Crippen LogP contribution in [0.25, 0.3) is 11.1 Å². The number of carbonyl (C=O) groups is 1. The SMILES string of the molecule is CCOC1CCCN(C(=O)NCc2ccccc2-c2ccc(CN(C)C)cc2)C1. The summed E-state index contributed by atoms with van der Waals surface area (Å²) in [5, 5.41) is 3.10. The first-order valence-electron chi connectivity index (χ1n) is 10.5. The van der Waals surface area contributed by atoms with E-state index in [0.29, 0.717) is 19.7 Å². The molecule has 2 aromatic rings. The number of urea groups is 1. The average Bonchev–Trinajstić information content (AvgIpc) is 2.73. The standard InChI is InChI=1S/C24H33N3O2/c1-4-29-22-9-7-15-27(18-22)24(28)25-16-21-8-5-6-10-23(21)20-13-11-19(12-14-20)17-26(2)3/h5-6,8,10-14,22H,4,7,9,15-18H2,1-3H3,(H,25,28). The highest BCUT2D eigenvalue weighted by Crippen LogP contribution is 2.24. The van der Waals surface area contributed by atoms with Gasteiger partial charge in [0.05, 0.1) is 6.10 Å². The fraction of sp³-hybridized carbons (Fsp3) is 0.458. The molecule has 2 amide bonds. The number of carbonyl (C=O) groups excluding carboxylic acids is 1. The van der Waals surface area contributed by atoms with Crippen molar-refractivity contribution in [1.82, 2.24) is 15.1 Å². The molecule has 156 valence electrons. The van der Waals surface area contributed by atoms with Crippen molar-refractivity contribution in [2.75, 3.05) is 33.8 Å². The van der Waals surface area contributed by atoms with Gasteiger partial charge in [-0.2, -0.15) is 0 Å². The minimum absolute atomic E-state index is 0.00876. The predicted molar refractivity (Wildman–Crippen MR) is 118 cm³/mol. The fourth-order valence-electron chi connectivity index (χ4n) is 3.89. The third kappa shape index (κ3) is 6.05. The molecule has 0 aromatic heterocycles. The van der Waals surface area contributed by atoms with Gasteiger partial charge in [0.2, 0.25) is 0 Å². The Labute approximate surface area is 174 Å². The minimum atomic E-state index is -0.00876. The van der Waals surface area contributed by atoms with Crippen molar-refractivity contribution in [1.29, 1.82) is 0 Å². The van der Waals surface area contributed by atoms with Crippen LogP contribution in [0.1, 0.15) is 30.9 Å². The number of hydrogen-bond donors (Lipinski definition) is 1. The molecule has 1 aliphatic rings. The summed E-state index contributed by atoms with van der Waals surface area (Å²) in [4.78, 5) is 16.7. The molecule has 0 saturated carbocycles. The van der Waals surface area contributed by atoms with E-state index in [4.69, 9.17) is 4.74 Å². The van der Waals surface area contributed by atoms with Gasteiger partial charge in [0.15, 0.2) is 0 Å². The Kier molecular flexibility index (Phi) is 7.67. The van der Waals surface area contributed by atoms with E-state index in [-0.39, 0.29) is 12.1 Å². The van der Waals surface area contributed by atoms with Crippen molar-refractivity contribution < 1.29 is 9.53 Å². The number of ether oxygens (including phenoxy) is 1. The van der Waals surface area contributed by atoms with Gasteiger partial charge >= 0.3 is 6.03 Å². The Hall–Kier alpha value is -2.37. The number of benzene rings is 2. The second-order valence-electron chi connectivity index (χ2n) is 7.92. The van der Waals surface area contributed by atoms with Gasteiger partial charge in [-0.15, -0.1) is 0 Å². The van der Waals surface area contributed by atoms with E-state index >= 15 is 0 Å². The van der Waals surface area contributed by atoms with E-state index in [9.17, 15) is 4.79 Å². The molecule has 0 aliphatic carbocycles. The highest BCUT2D eigenvalue weighted by atomic mass is 16.5. The van der Waals surface area contributed by atoms with Crippen molar-refractivity contribution in [2.45, 2.75) is 39.0 Å². The lowest BCUT2D eigenvalue weighted by Gasteiger charge is -2.32. The first-order chi connectivity index (χ1) is 14.1. The molecule has 1 unspecified atom stereocenters. The lowest BCUT2D eigenvalue weighted by atomic mass is 9.98. The molecular formula is C24H33N3O2. The quantitative estimate of drug-likeness (QED) is 0.767. The summed E-state index contributed by atoms with van der Waals surface area (Å²) in [5.41, 5.74) is 4.75. The van der Waals surface area contributed by atoms with Gasteiger partial charge in [0.1, 0.15) is 0 Å². The molecular weight excluding hydrogens is 362 g/mol. The average molecular weight is 396 g/mol. The predicted octanol–water partition coefficient (Wildman–Crippen LogP) is 4.13. The topological polar surface area (TPSA) is 44.8 Å². The number of nitrogens with one attached hydrogen (secondary N) is 1. The zero-order valence-corrected chi connectivity index (χ0v) is 17.9. The van der Waals surface area contributed by atoms with Crippen LogP contribution < -0.4 is 5.32 Å². The maximum atomic E-state index is 12.7. The largest absolute Gasteiger partial charge is 0.377 e. The van der Waals surface area contributed by atoms with Gasteiger partial charge < -0.3 is 19.9 Å². The van der Waals surface area contributed by atoms with E-state index in [2.05, 4.69) is 60.7 Å². The Balaban J connectivity index is 1.64. The molecule has 3 rings (SSSR count). The van der Waals surface area contributed by atoms with Crippen molar-refractivity contribution in [3.8, 4) is 11.1 Å². The van der Waals surface area contributed by atoms with Crippen LogP contribution >= 0.6 is 0 Å². The van der Waals surface area contributed by atoms with Gasteiger partial charge in [-0.1, -0.05) is 48.5 Å². The molecule has 29 heavy (non-hydrogen) atoms. The molecule has 0 bridgehead atoms. The van der Waals surface area contributed by atoms with Gasteiger partial charge in [-0.05, 0) is 56.1 Å². The molecule has 0 spiro atoms. The maximum Gasteiger partial charge on any atom is 0.317 e. The normalized spacial score (nSPS) is 16.8. The minimum Gasteiger partial charge on any atom is -0.377 e. The number of likely N-dealkylation sites (tertiary alicyclic amines) is 1. The number of piperidine rings is 1. The summed E-state index contributed by atoms with van der Waals surface area (Å²) >= 11 is 0. The first kappa shape index (κ1) is 21.3. The summed E-state index contributed by atoms with van der Waals surface area (Å²) in [6.07, 6.45) is 2.19. The zero-order chi connectivity index (χ0) is 20.6. The fourth-order valence-corrected chi connectivity index (χ4v) is 3.89. The van der Waals surface area contributed by atoms with Crippen molar-refractivity contribution in [3.05, 3.63) is 59.7 Å². The molecule has 1 saturated heterocycles. The third-order valence-electron chi connectivity index (χ3n) is 5.28. The van der Waals surface area contributed by atoms with Crippen LogP contribution in [0.3, 0.4) is 0 Å². The summed E-state index contributed by atoms with van der Waals surface area (Å²) in [6.45, 7) is 5.61. The van der Waals surface area contributed by atoms with Crippen LogP contribution in [0, 0.1) is 0 Å². The molecule has 1 atom stereocenters. The maximum absolute atomic E-state index is 12.7. The van der Waals surface area contributed by atoms with E-state index in [0.717, 1.165) is 37.1 Å². The van der Waals surface area contributed by atoms with E-state index < -0.39 is 0 Å². The zero-order valence-electron chi connectivity index (χ0n) is 17.9. The van der Waals surface area contributed by atoms with Gasteiger partial charge in [0, 0.05) is 32.8 Å². The third-order valence-corrected chi connectivity index (χ3v) is 5.28. The summed E-state index contributed by atoms with van der Waals surface area (Å²) in [7, 11) is 4.15. The van der Waals surface area contributed by atoms with Crippen LogP contribution in [-0.2, 0) is 17.8 Å². The van der Waals surface area contributed by atoms with Crippen LogP contribution in [-0.4, -0.2) is 55.7 Å². The summed E-state index contributed by atoms with van der Waals surface area (Å²) in [5.74, 6) is 0. The van der Waals surface area contributed by atoms with Crippen LogP contribution in [0.5, 0.6) is 0 Å².